The molecule has 0 unspecified atom stereocenters. The van der Waals surface area contributed by atoms with Crippen LogP contribution in [0.5, 0.6) is 0 Å². The molecule has 0 atom stereocenters. The van der Waals surface area contributed by atoms with Gasteiger partial charge in [-0.15, -0.1) is 0 Å². The van der Waals surface area contributed by atoms with Gasteiger partial charge in [0.25, 0.3) is 0 Å². The molecule has 0 radical (unpaired) electrons. The molecule has 1 aliphatic heterocycles. The third-order valence-corrected chi connectivity index (χ3v) is 6.35. The van der Waals surface area contributed by atoms with Crippen molar-refractivity contribution >= 4 is 29.6 Å². The third-order valence-electron chi connectivity index (χ3n) is 4.95. The van der Waals surface area contributed by atoms with Gasteiger partial charge in [0.1, 0.15) is 5.41 Å². The minimum Gasteiger partial charge on any atom is -0.277 e. The molecule has 1 N–H and O–H groups in total. The van der Waals surface area contributed by atoms with Crippen LogP contribution in [0.15, 0.2) is 0 Å². The van der Waals surface area contributed by atoms with Gasteiger partial charge in [-0.05, 0) is 31.9 Å². The second-order valence-electron chi connectivity index (χ2n) is 6.18. The Kier molecular flexibility index (Phi) is 3.31. The van der Waals surface area contributed by atoms with Crippen LogP contribution in [0.3, 0.4) is 0 Å². The highest BCUT2D eigenvalue weighted by Crippen LogP contribution is 2.50. The summed E-state index contributed by atoms with van der Waals surface area (Å²) in [5.41, 5.74) is -0.915. The minimum atomic E-state index is -0.915. The fourth-order valence-corrected chi connectivity index (χ4v) is 4.31. The number of hydrogen-bond acceptors (Lipinski definition) is 4. The maximum Gasteiger partial charge on any atom is 0.330 e. The van der Waals surface area contributed by atoms with E-state index in [0.717, 1.165) is 25.7 Å². The largest absolute Gasteiger partial charge is 0.330 e. The van der Waals surface area contributed by atoms with E-state index >= 15 is 0 Å². The Balaban J connectivity index is 1.80. The van der Waals surface area contributed by atoms with E-state index in [1.807, 2.05) is 0 Å². The van der Waals surface area contributed by atoms with Gasteiger partial charge < -0.3 is 0 Å². The Morgan fingerprint density at radius 1 is 1.10 bits per heavy atom. The number of nitrogens with one attached hydrogen (secondary N) is 1. The van der Waals surface area contributed by atoms with Crippen LogP contribution < -0.4 is 5.32 Å². The summed E-state index contributed by atoms with van der Waals surface area (Å²) in [6, 6.07) is -0.531. The van der Waals surface area contributed by atoms with Gasteiger partial charge in [-0.2, -0.15) is 11.8 Å². The Morgan fingerprint density at radius 3 is 2.30 bits per heavy atom. The molecule has 2 aliphatic carbocycles. The molecule has 20 heavy (non-hydrogen) atoms. The molecule has 110 valence electrons. The minimum absolute atomic E-state index is 0.0261. The average Bonchev–Trinajstić information content (AvgIpc) is 3.25. The number of amides is 4. The van der Waals surface area contributed by atoms with Crippen LogP contribution in [0.2, 0.25) is 0 Å². The lowest BCUT2D eigenvalue weighted by Gasteiger charge is -2.41. The monoisotopic (exact) mass is 296 g/mol. The second kappa shape index (κ2) is 4.76. The molecule has 0 aromatic carbocycles. The number of rotatable bonds is 3. The molecule has 4 amide bonds. The zero-order valence-corrected chi connectivity index (χ0v) is 12.6. The molecule has 6 heteroatoms. The van der Waals surface area contributed by atoms with Crippen molar-refractivity contribution in [1.82, 2.24) is 10.2 Å². The summed E-state index contributed by atoms with van der Waals surface area (Å²) in [7, 11) is 0. The average molecular weight is 296 g/mol. The van der Waals surface area contributed by atoms with Gasteiger partial charge >= 0.3 is 6.03 Å². The number of hydrogen-bond donors (Lipinski definition) is 1. The first-order valence-electron chi connectivity index (χ1n) is 7.26. The van der Waals surface area contributed by atoms with E-state index in [1.54, 1.807) is 11.8 Å². The summed E-state index contributed by atoms with van der Waals surface area (Å²) in [6.07, 6.45) is 8.80. The fourth-order valence-electron chi connectivity index (χ4n) is 3.35. The van der Waals surface area contributed by atoms with E-state index in [-0.39, 0.29) is 10.7 Å². The lowest BCUT2D eigenvalue weighted by molar-refractivity contribution is -0.144. The first-order valence-corrected chi connectivity index (χ1v) is 8.48. The Bertz CT molecular complexity index is 467. The van der Waals surface area contributed by atoms with E-state index in [2.05, 4.69) is 11.6 Å². The first-order chi connectivity index (χ1) is 9.53. The number of carbonyl (C=O) groups is 3. The molecule has 5 nitrogen and oxygen atoms in total. The number of urea groups is 1. The summed E-state index contributed by atoms with van der Waals surface area (Å²) in [5.74, 6) is -0.671. The van der Waals surface area contributed by atoms with Gasteiger partial charge in [-0.25, -0.2) is 4.79 Å². The maximum atomic E-state index is 12.5. The number of carbonyl (C=O) groups excluding carboxylic acids is 3. The van der Waals surface area contributed by atoms with Crippen LogP contribution in [-0.4, -0.2) is 40.3 Å². The van der Waals surface area contributed by atoms with Crippen molar-refractivity contribution in [2.24, 2.45) is 5.41 Å². The van der Waals surface area contributed by atoms with Crippen LogP contribution in [0.1, 0.15) is 44.9 Å². The number of nitrogens with zero attached hydrogens (tertiary/aromatic N) is 1. The predicted octanol–water partition coefficient (Wildman–Crippen LogP) is 1.91. The van der Waals surface area contributed by atoms with Crippen LogP contribution in [0.4, 0.5) is 4.79 Å². The van der Waals surface area contributed by atoms with E-state index in [9.17, 15) is 14.4 Å². The first kappa shape index (κ1) is 13.9. The molecule has 2 saturated carbocycles. The van der Waals surface area contributed by atoms with Crippen molar-refractivity contribution < 1.29 is 14.4 Å². The van der Waals surface area contributed by atoms with E-state index in [0.29, 0.717) is 19.4 Å². The zero-order valence-electron chi connectivity index (χ0n) is 11.7. The van der Waals surface area contributed by atoms with Gasteiger partial charge in [-0.3, -0.25) is 19.8 Å². The summed E-state index contributed by atoms with van der Waals surface area (Å²) >= 11 is 1.75. The predicted molar refractivity (Wildman–Crippen MR) is 76.2 cm³/mol. The van der Waals surface area contributed by atoms with Crippen LogP contribution in [0, 0.1) is 5.41 Å². The highest BCUT2D eigenvalue weighted by atomic mass is 32.2. The molecule has 3 aliphatic rings. The molecule has 1 saturated heterocycles. The molecule has 1 heterocycles. The topological polar surface area (TPSA) is 66.5 Å². The molecule has 0 bridgehead atoms. The van der Waals surface area contributed by atoms with Crippen molar-refractivity contribution in [2.75, 3.05) is 12.8 Å². The molecule has 3 rings (SSSR count). The van der Waals surface area contributed by atoms with E-state index in [1.165, 1.54) is 11.3 Å². The quantitative estimate of drug-likeness (QED) is 0.808. The standard InChI is InChI=1S/C14H20N2O3S/c1-20-13(5-3-2-4-6-13)9-16-11(18)14(7-8-14)10(17)15-12(16)19/h2-9H2,1H3,(H,15,17,19). The van der Waals surface area contributed by atoms with E-state index in [4.69, 9.17) is 0 Å². The molecular formula is C14H20N2O3S. The van der Waals surface area contributed by atoms with Crippen molar-refractivity contribution in [1.29, 1.82) is 0 Å². The maximum absolute atomic E-state index is 12.5. The summed E-state index contributed by atoms with van der Waals surface area (Å²) in [6.45, 7) is 0.438. The Morgan fingerprint density at radius 2 is 1.75 bits per heavy atom. The number of barbiturate groups is 1. The second-order valence-corrected chi connectivity index (χ2v) is 7.45. The van der Waals surface area contributed by atoms with Crippen molar-refractivity contribution in [3.05, 3.63) is 0 Å². The molecule has 1 spiro atoms. The highest BCUT2D eigenvalue weighted by Gasteiger charge is 2.62. The van der Waals surface area contributed by atoms with Crippen LogP contribution >= 0.6 is 11.8 Å². The van der Waals surface area contributed by atoms with Crippen molar-refractivity contribution in [3.8, 4) is 0 Å². The molecular weight excluding hydrogens is 276 g/mol. The van der Waals surface area contributed by atoms with Gasteiger partial charge in [0.2, 0.25) is 11.8 Å². The lowest BCUT2D eigenvalue weighted by Crippen LogP contribution is -2.61. The van der Waals surface area contributed by atoms with E-state index < -0.39 is 17.4 Å². The van der Waals surface area contributed by atoms with Crippen molar-refractivity contribution in [2.45, 2.75) is 49.7 Å². The summed E-state index contributed by atoms with van der Waals surface area (Å²) in [5, 5.41) is 2.36. The number of imide groups is 2. The van der Waals surface area contributed by atoms with Crippen LogP contribution in [0.25, 0.3) is 0 Å². The van der Waals surface area contributed by atoms with Gasteiger partial charge in [0.15, 0.2) is 0 Å². The normalized spacial score (nSPS) is 27.6. The smallest absolute Gasteiger partial charge is 0.277 e. The number of thioether (sulfide) groups is 1. The fraction of sp³-hybridized carbons (Fsp3) is 0.786. The lowest BCUT2D eigenvalue weighted by atomic mass is 9.87. The zero-order chi connectivity index (χ0) is 14.4. The highest BCUT2D eigenvalue weighted by molar-refractivity contribution is 8.00. The van der Waals surface area contributed by atoms with Crippen molar-refractivity contribution in [3.63, 3.8) is 0 Å². The molecule has 0 aromatic rings. The molecule has 0 aromatic heterocycles. The third kappa shape index (κ3) is 2.05. The van der Waals surface area contributed by atoms with Gasteiger partial charge in [0, 0.05) is 11.3 Å². The summed E-state index contributed by atoms with van der Waals surface area (Å²) in [4.78, 5) is 37.6. The van der Waals surface area contributed by atoms with Gasteiger partial charge in [-0.1, -0.05) is 19.3 Å². The SMILES string of the molecule is CSC1(CN2C(=O)NC(=O)C3(CC3)C2=O)CCCCC1. The van der Waals surface area contributed by atoms with Gasteiger partial charge in [0.05, 0.1) is 0 Å². The van der Waals surface area contributed by atoms with Crippen LogP contribution in [-0.2, 0) is 9.59 Å². The Labute approximate surface area is 122 Å². The Hall–Kier alpha value is -1.04. The summed E-state index contributed by atoms with van der Waals surface area (Å²) < 4.78 is -0.0261. The molecule has 3 fully saturated rings.